The highest BCUT2D eigenvalue weighted by molar-refractivity contribution is 5.21. The Labute approximate surface area is 67.7 Å². The van der Waals surface area contributed by atoms with Crippen molar-refractivity contribution >= 4 is 0 Å². The SMILES string of the molecule is C1=CC2C3CC4CC1C2C4C3. The molecule has 0 spiro atoms. The van der Waals surface area contributed by atoms with E-state index >= 15 is 0 Å². The fourth-order valence-electron chi connectivity index (χ4n) is 4.73. The number of allylic oxidation sites excluding steroid dienone is 2. The van der Waals surface area contributed by atoms with Gasteiger partial charge in [-0.2, -0.15) is 0 Å². The molecule has 0 N–H and O–H groups in total. The van der Waals surface area contributed by atoms with Crippen molar-refractivity contribution in [3.05, 3.63) is 12.2 Å². The first-order chi connectivity index (χ1) is 5.43. The average Bonchev–Trinajstić information content (AvgIpc) is 2.49. The molecule has 0 saturated heterocycles. The van der Waals surface area contributed by atoms with Crippen molar-refractivity contribution in [1.29, 1.82) is 0 Å². The minimum atomic E-state index is 1.03. The van der Waals surface area contributed by atoms with E-state index in [1.165, 1.54) is 5.92 Å². The standard InChI is InChI=1S/C11H14/c1-2-9-8-4-7-3-6(1)11(9)10(7)5-8/h1-2,6-11H,3-5H2. The lowest BCUT2D eigenvalue weighted by Crippen LogP contribution is -2.18. The molecular weight excluding hydrogens is 132 g/mol. The summed E-state index contributed by atoms with van der Waals surface area (Å²) in [5.41, 5.74) is 0. The Bertz CT molecular complexity index is 238. The lowest BCUT2D eigenvalue weighted by molar-refractivity contribution is 0.270. The van der Waals surface area contributed by atoms with Gasteiger partial charge >= 0.3 is 0 Å². The van der Waals surface area contributed by atoms with E-state index in [4.69, 9.17) is 0 Å². The Kier molecular flexibility index (Phi) is 0.706. The van der Waals surface area contributed by atoms with E-state index in [0.29, 0.717) is 0 Å². The zero-order valence-corrected chi connectivity index (χ0v) is 6.74. The third-order valence-electron chi connectivity index (χ3n) is 4.92. The van der Waals surface area contributed by atoms with Crippen molar-refractivity contribution in [3.63, 3.8) is 0 Å². The van der Waals surface area contributed by atoms with Crippen molar-refractivity contribution in [2.75, 3.05) is 0 Å². The third kappa shape index (κ3) is 0.432. The molecule has 11 heavy (non-hydrogen) atoms. The summed E-state index contributed by atoms with van der Waals surface area (Å²) in [6, 6.07) is 0. The van der Waals surface area contributed by atoms with Crippen LogP contribution in [0.5, 0.6) is 0 Å². The highest BCUT2D eigenvalue weighted by Crippen LogP contribution is 2.67. The van der Waals surface area contributed by atoms with Crippen LogP contribution in [-0.2, 0) is 0 Å². The lowest BCUT2D eigenvalue weighted by atomic mass is 9.81. The fraction of sp³-hybridized carbons (Fsp3) is 0.818. The molecule has 0 amide bonds. The molecule has 0 aromatic rings. The summed E-state index contributed by atoms with van der Waals surface area (Å²) in [5, 5.41) is 0. The molecular formula is C11H14. The van der Waals surface area contributed by atoms with Gasteiger partial charge in [0, 0.05) is 0 Å². The van der Waals surface area contributed by atoms with Gasteiger partial charge in [0.2, 0.25) is 0 Å². The Morgan fingerprint density at radius 2 is 1.91 bits per heavy atom. The van der Waals surface area contributed by atoms with Crippen LogP contribution in [0.3, 0.4) is 0 Å². The van der Waals surface area contributed by atoms with Crippen LogP contribution in [0.2, 0.25) is 0 Å². The summed E-state index contributed by atoms with van der Waals surface area (Å²) in [4.78, 5) is 0. The van der Waals surface area contributed by atoms with E-state index < -0.39 is 0 Å². The van der Waals surface area contributed by atoms with Crippen LogP contribution in [-0.4, -0.2) is 0 Å². The van der Waals surface area contributed by atoms with E-state index in [2.05, 4.69) is 12.2 Å². The highest BCUT2D eigenvalue weighted by Gasteiger charge is 2.59. The summed E-state index contributed by atoms with van der Waals surface area (Å²) in [7, 11) is 0. The first kappa shape index (κ1) is 5.40. The molecule has 0 nitrogen and oxygen atoms in total. The molecule has 0 radical (unpaired) electrons. The Morgan fingerprint density at radius 1 is 0.909 bits per heavy atom. The quantitative estimate of drug-likeness (QED) is 0.460. The van der Waals surface area contributed by atoms with Crippen molar-refractivity contribution in [2.24, 2.45) is 35.5 Å². The number of hydrogen-bond acceptors (Lipinski definition) is 0. The van der Waals surface area contributed by atoms with Gasteiger partial charge in [-0.3, -0.25) is 0 Å². The maximum atomic E-state index is 2.55. The first-order valence-electron chi connectivity index (χ1n) is 5.12. The van der Waals surface area contributed by atoms with E-state index in [-0.39, 0.29) is 0 Å². The van der Waals surface area contributed by atoms with Crippen molar-refractivity contribution < 1.29 is 0 Å². The second kappa shape index (κ2) is 1.44. The van der Waals surface area contributed by atoms with Crippen LogP contribution in [0.15, 0.2) is 12.2 Å². The zero-order chi connectivity index (χ0) is 7.00. The molecule has 2 bridgehead atoms. The fourth-order valence-corrected chi connectivity index (χ4v) is 4.73. The predicted octanol–water partition coefficient (Wildman–Crippen LogP) is 2.46. The molecule has 0 aromatic heterocycles. The van der Waals surface area contributed by atoms with E-state index in [0.717, 1.165) is 29.6 Å². The third-order valence-corrected chi connectivity index (χ3v) is 4.92. The second-order valence-corrected chi connectivity index (χ2v) is 5.09. The molecule has 6 unspecified atom stereocenters. The van der Waals surface area contributed by atoms with Gasteiger partial charge in [-0.15, -0.1) is 0 Å². The normalized spacial score (nSPS) is 68.4. The number of fused-ring (bicyclic) bond motifs is 2. The minimum Gasteiger partial charge on any atom is -0.0848 e. The molecule has 4 aliphatic rings. The van der Waals surface area contributed by atoms with Gasteiger partial charge in [0.15, 0.2) is 0 Å². The first-order valence-corrected chi connectivity index (χ1v) is 5.12. The Balaban J connectivity index is 1.95. The highest BCUT2D eigenvalue weighted by atomic mass is 14.6. The van der Waals surface area contributed by atoms with Crippen LogP contribution in [0.4, 0.5) is 0 Å². The average molecular weight is 146 g/mol. The molecule has 3 fully saturated rings. The minimum absolute atomic E-state index is 1.03. The number of hydrogen-bond donors (Lipinski definition) is 0. The van der Waals surface area contributed by atoms with Crippen molar-refractivity contribution in [3.8, 4) is 0 Å². The van der Waals surface area contributed by atoms with Gasteiger partial charge in [-0.05, 0) is 54.8 Å². The van der Waals surface area contributed by atoms with Gasteiger partial charge < -0.3 is 0 Å². The summed E-state index contributed by atoms with van der Waals surface area (Å²) < 4.78 is 0. The monoisotopic (exact) mass is 146 g/mol. The Hall–Kier alpha value is -0.260. The molecule has 3 saturated carbocycles. The predicted molar refractivity (Wildman–Crippen MR) is 43.9 cm³/mol. The van der Waals surface area contributed by atoms with Gasteiger partial charge in [0.05, 0.1) is 0 Å². The summed E-state index contributed by atoms with van der Waals surface area (Å²) in [5.74, 6) is 6.67. The van der Waals surface area contributed by atoms with E-state index in [1.807, 2.05) is 0 Å². The summed E-state index contributed by atoms with van der Waals surface area (Å²) >= 11 is 0. The maximum Gasteiger partial charge on any atom is -0.0168 e. The molecule has 4 aliphatic carbocycles. The van der Waals surface area contributed by atoms with Crippen LogP contribution >= 0.6 is 0 Å². The molecule has 4 rings (SSSR count). The van der Waals surface area contributed by atoms with Crippen LogP contribution in [0, 0.1) is 35.5 Å². The van der Waals surface area contributed by atoms with Crippen molar-refractivity contribution in [1.82, 2.24) is 0 Å². The van der Waals surface area contributed by atoms with Gasteiger partial charge in [-0.25, -0.2) is 0 Å². The molecule has 0 heterocycles. The summed E-state index contributed by atoms with van der Waals surface area (Å²) in [6.07, 6.45) is 9.83. The van der Waals surface area contributed by atoms with Gasteiger partial charge in [0.1, 0.15) is 0 Å². The van der Waals surface area contributed by atoms with Crippen LogP contribution in [0.1, 0.15) is 19.3 Å². The van der Waals surface area contributed by atoms with Crippen molar-refractivity contribution in [2.45, 2.75) is 19.3 Å². The zero-order valence-electron chi connectivity index (χ0n) is 6.74. The largest absolute Gasteiger partial charge is 0.0848 e. The van der Waals surface area contributed by atoms with E-state index in [1.54, 1.807) is 19.3 Å². The molecule has 58 valence electrons. The summed E-state index contributed by atoms with van der Waals surface area (Å²) in [6.45, 7) is 0. The maximum absolute atomic E-state index is 2.55. The molecule has 6 atom stereocenters. The molecule has 0 heteroatoms. The molecule has 0 aromatic carbocycles. The lowest BCUT2D eigenvalue weighted by Gasteiger charge is -2.23. The van der Waals surface area contributed by atoms with Crippen LogP contribution in [0.25, 0.3) is 0 Å². The van der Waals surface area contributed by atoms with Gasteiger partial charge in [-0.1, -0.05) is 12.2 Å². The Morgan fingerprint density at radius 3 is 2.91 bits per heavy atom. The second-order valence-electron chi connectivity index (χ2n) is 5.09. The van der Waals surface area contributed by atoms with Gasteiger partial charge in [0.25, 0.3) is 0 Å². The van der Waals surface area contributed by atoms with Crippen LogP contribution < -0.4 is 0 Å². The number of rotatable bonds is 0. The topological polar surface area (TPSA) is 0 Å². The smallest absolute Gasteiger partial charge is 0.0168 e. The molecule has 0 aliphatic heterocycles. The van der Waals surface area contributed by atoms with E-state index in [9.17, 15) is 0 Å².